The van der Waals surface area contributed by atoms with E-state index >= 15 is 0 Å². The Morgan fingerprint density at radius 1 is 1.33 bits per heavy atom. The largest absolute Gasteiger partial charge is 0.353 e. The Hall–Kier alpha value is -1.35. The molecule has 2 N–H and O–H groups in total. The first-order valence-corrected chi connectivity index (χ1v) is 8.05. The highest BCUT2D eigenvalue weighted by molar-refractivity contribution is 5.79. The van der Waals surface area contributed by atoms with Crippen molar-refractivity contribution in [1.82, 2.24) is 10.6 Å². The molecule has 0 spiro atoms. The number of amides is 1. The van der Waals surface area contributed by atoms with Crippen molar-refractivity contribution in [2.75, 3.05) is 6.54 Å². The zero-order chi connectivity index (χ0) is 15.4. The first-order chi connectivity index (χ1) is 9.94. The lowest BCUT2D eigenvalue weighted by Crippen LogP contribution is -2.45. The molecule has 0 saturated carbocycles. The quantitative estimate of drug-likeness (QED) is 0.894. The molecule has 3 nitrogen and oxygen atoms in total. The van der Waals surface area contributed by atoms with Crippen LogP contribution in [0, 0.1) is 19.8 Å². The van der Waals surface area contributed by atoms with E-state index in [1.807, 2.05) is 0 Å². The molecule has 1 aliphatic rings. The fourth-order valence-corrected chi connectivity index (χ4v) is 3.32. The number of piperidine rings is 1. The molecule has 3 atom stereocenters. The van der Waals surface area contributed by atoms with Gasteiger partial charge in [-0.2, -0.15) is 0 Å². The fourth-order valence-electron chi connectivity index (χ4n) is 3.32. The van der Waals surface area contributed by atoms with Crippen molar-refractivity contribution in [3.05, 3.63) is 34.9 Å². The summed E-state index contributed by atoms with van der Waals surface area (Å²) in [6.07, 6.45) is 2.79. The minimum atomic E-state index is 0.169. The second kappa shape index (κ2) is 7.08. The highest BCUT2D eigenvalue weighted by Gasteiger charge is 2.25. The SMILES string of the molecule is Cc1cc(C)cc(CC(C)NC(=O)[C@H]2CCN[C@@H](C)C2)c1. The van der Waals surface area contributed by atoms with Crippen LogP contribution in [-0.2, 0) is 11.2 Å². The van der Waals surface area contributed by atoms with Gasteiger partial charge in [0.25, 0.3) is 0 Å². The summed E-state index contributed by atoms with van der Waals surface area (Å²) in [6, 6.07) is 7.24. The number of hydrogen-bond donors (Lipinski definition) is 2. The maximum atomic E-state index is 12.3. The lowest BCUT2D eigenvalue weighted by molar-refractivity contribution is -0.126. The fraction of sp³-hybridized carbons (Fsp3) is 0.611. The van der Waals surface area contributed by atoms with E-state index in [-0.39, 0.29) is 17.9 Å². The van der Waals surface area contributed by atoms with Gasteiger partial charge in [-0.15, -0.1) is 0 Å². The van der Waals surface area contributed by atoms with Gasteiger partial charge in [0.2, 0.25) is 5.91 Å². The van der Waals surface area contributed by atoms with E-state index in [9.17, 15) is 4.79 Å². The van der Waals surface area contributed by atoms with E-state index in [1.165, 1.54) is 16.7 Å². The summed E-state index contributed by atoms with van der Waals surface area (Å²) in [7, 11) is 0. The molecule has 1 amide bonds. The zero-order valence-corrected chi connectivity index (χ0v) is 13.7. The summed E-state index contributed by atoms with van der Waals surface area (Å²) in [4.78, 5) is 12.3. The van der Waals surface area contributed by atoms with Gasteiger partial charge in [-0.05, 0) is 59.1 Å². The number of nitrogens with one attached hydrogen (secondary N) is 2. The van der Waals surface area contributed by atoms with E-state index < -0.39 is 0 Å². The van der Waals surface area contributed by atoms with Gasteiger partial charge in [-0.3, -0.25) is 4.79 Å². The predicted octanol–water partition coefficient (Wildman–Crippen LogP) is 2.74. The molecule has 2 rings (SSSR count). The van der Waals surface area contributed by atoms with Crippen molar-refractivity contribution in [2.45, 2.75) is 59.0 Å². The van der Waals surface area contributed by atoms with E-state index in [0.717, 1.165) is 25.8 Å². The van der Waals surface area contributed by atoms with Crippen LogP contribution < -0.4 is 10.6 Å². The molecular formula is C18H28N2O. The molecule has 1 aliphatic heterocycles. The van der Waals surface area contributed by atoms with Gasteiger partial charge >= 0.3 is 0 Å². The molecule has 1 unspecified atom stereocenters. The molecule has 116 valence electrons. The molecule has 1 aromatic rings. The molecule has 3 heteroatoms. The standard InChI is InChI=1S/C18H28N2O/c1-12-7-13(2)9-16(8-12)10-15(4)20-18(21)17-5-6-19-14(3)11-17/h7-9,14-15,17,19H,5-6,10-11H2,1-4H3,(H,20,21)/t14-,15?,17-/m0/s1. The smallest absolute Gasteiger partial charge is 0.223 e. The van der Waals surface area contributed by atoms with Crippen molar-refractivity contribution in [2.24, 2.45) is 5.92 Å². The topological polar surface area (TPSA) is 41.1 Å². The summed E-state index contributed by atoms with van der Waals surface area (Å²) in [5.74, 6) is 0.392. The van der Waals surface area contributed by atoms with Crippen LogP contribution in [0.4, 0.5) is 0 Å². The predicted molar refractivity (Wildman–Crippen MR) is 87.4 cm³/mol. The Labute approximate surface area is 128 Å². The molecule has 0 radical (unpaired) electrons. The van der Waals surface area contributed by atoms with Crippen LogP contribution in [0.3, 0.4) is 0 Å². The molecule has 0 bridgehead atoms. The summed E-state index contributed by atoms with van der Waals surface area (Å²) < 4.78 is 0. The highest BCUT2D eigenvalue weighted by atomic mass is 16.1. The minimum absolute atomic E-state index is 0.169. The van der Waals surface area contributed by atoms with E-state index in [2.05, 4.69) is 56.5 Å². The second-order valence-corrected chi connectivity index (χ2v) is 6.69. The zero-order valence-electron chi connectivity index (χ0n) is 13.7. The number of benzene rings is 1. The third-order valence-corrected chi connectivity index (χ3v) is 4.21. The Kier molecular flexibility index (Phi) is 5.40. The van der Waals surface area contributed by atoms with Crippen LogP contribution in [0.2, 0.25) is 0 Å². The number of rotatable bonds is 4. The van der Waals surface area contributed by atoms with E-state index in [0.29, 0.717) is 6.04 Å². The Balaban J connectivity index is 1.88. The van der Waals surface area contributed by atoms with Crippen LogP contribution in [0.5, 0.6) is 0 Å². The van der Waals surface area contributed by atoms with Gasteiger partial charge in [0.05, 0.1) is 0 Å². The first kappa shape index (κ1) is 16.0. The van der Waals surface area contributed by atoms with Gasteiger partial charge in [0.15, 0.2) is 0 Å². The second-order valence-electron chi connectivity index (χ2n) is 6.69. The third-order valence-electron chi connectivity index (χ3n) is 4.21. The average Bonchev–Trinajstić information content (AvgIpc) is 2.37. The maximum Gasteiger partial charge on any atom is 0.223 e. The lowest BCUT2D eigenvalue weighted by atomic mass is 9.92. The van der Waals surface area contributed by atoms with Crippen molar-refractivity contribution in [1.29, 1.82) is 0 Å². The lowest BCUT2D eigenvalue weighted by Gasteiger charge is -2.28. The van der Waals surface area contributed by atoms with E-state index in [1.54, 1.807) is 0 Å². The van der Waals surface area contributed by atoms with Crippen molar-refractivity contribution >= 4 is 5.91 Å². The van der Waals surface area contributed by atoms with Gasteiger partial charge in [-0.1, -0.05) is 29.3 Å². The number of hydrogen-bond acceptors (Lipinski definition) is 2. The molecule has 21 heavy (non-hydrogen) atoms. The van der Waals surface area contributed by atoms with Gasteiger partial charge in [0.1, 0.15) is 0 Å². The summed E-state index contributed by atoms with van der Waals surface area (Å²) in [5, 5.41) is 6.58. The van der Waals surface area contributed by atoms with Crippen LogP contribution in [-0.4, -0.2) is 24.5 Å². The summed E-state index contributed by atoms with van der Waals surface area (Å²) in [5.41, 5.74) is 3.88. The molecule has 1 fully saturated rings. The van der Waals surface area contributed by atoms with Crippen LogP contribution in [0.1, 0.15) is 43.4 Å². The first-order valence-electron chi connectivity index (χ1n) is 8.05. The molecular weight excluding hydrogens is 260 g/mol. The van der Waals surface area contributed by atoms with Crippen molar-refractivity contribution in [3.63, 3.8) is 0 Å². The average molecular weight is 288 g/mol. The highest BCUT2D eigenvalue weighted by Crippen LogP contribution is 2.17. The van der Waals surface area contributed by atoms with Gasteiger partial charge < -0.3 is 10.6 Å². The third kappa shape index (κ3) is 4.85. The Bertz CT molecular complexity index is 478. The molecule has 1 saturated heterocycles. The number of aryl methyl sites for hydroxylation is 2. The van der Waals surface area contributed by atoms with E-state index in [4.69, 9.17) is 0 Å². The molecule has 1 aromatic carbocycles. The number of carbonyl (C=O) groups is 1. The molecule has 0 aromatic heterocycles. The Morgan fingerprint density at radius 2 is 2.00 bits per heavy atom. The van der Waals surface area contributed by atoms with Gasteiger partial charge in [0, 0.05) is 18.0 Å². The normalized spacial score (nSPS) is 23.6. The van der Waals surface area contributed by atoms with Gasteiger partial charge in [-0.25, -0.2) is 0 Å². The molecule has 1 heterocycles. The molecule has 0 aliphatic carbocycles. The summed E-state index contributed by atoms with van der Waals surface area (Å²) >= 11 is 0. The minimum Gasteiger partial charge on any atom is -0.353 e. The van der Waals surface area contributed by atoms with Crippen LogP contribution in [0.15, 0.2) is 18.2 Å². The van der Waals surface area contributed by atoms with Crippen LogP contribution in [0.25, 0.3) is 0 Å². The summed E-state index contributed by atoms with van der Waals surface area (Å²) in [6.45, 7) is 9.44. The van der Waals surface area contributed by atoms with Crippen LogP contribution >= 0.6 is 0 Å². The number of carbonyl (C=O) groups excluding carboxylic acids is 1. The Morgan fingerprint density at radius 3 is 2.62 bits per heavy atom. The maximum absolute atomic E-state index is 12.3. The van der Waals surface area contributed by atoms with Crippen molar-refractivity contribution < 1.29 is 4.79 Å². The monoisotopic (exact) mass is 288 g/mol. The van der Waals surface area contributed by atoms with Crippen molar-refractivity contribution in [3.8, 4) is 0 Å².